The minimum atomic E-state index is -1.52. The molecule has 0 aliphatic heterocycles. The van der Waals surface area contributed by atoms with Crippen molar-refractivity contribution in [3.8, 4) is 0 Å². The Morgan fingerprint density at radius 1 is 1.78 bits per heavy atom. The molecular weight excluding hydrogens is 141 g/mol. The van der Waals surface area contributed by atoms with Gasteiger partial charge in [-0.05, 0) is 13.8 Å². The summed E-state index contributed by atoms with van der Waals surface area (Å²) in [6.45, 7) is 3.16. The van der Waals surface area contributed by atoms with Gasteiger partial charge >= 0.3 is 6.04 Å². The highest BCUT2D eigenvalue weighted by Gasteiger charge is 2.28. The Morgan fingerprint density at radius 2 is 2.11 bits per heavy atom. The van der Waals surface area contributed by atoms with Crippen molar-refractivity contribution in [3.05, 3.63) is 0 Å². The number of carbonyl (C=O) groups excluding carboxylic acids is 1. The number of nitrogens with two attached hydrogens (primary N) is 1. The Labute approximate surface area is 59.0 Å². The van der Waals surface area contributed by atoms with Crippen LogP contribution in [0.5, 0.6) is 0 Å². The van der Waals surface area contributed by atoms with E-state index in [0.717, 1.165) is 0 Å². The van der Waals surface area contributed by atoms with Gasteiger partial charge in [0, 0.05) is 4.75 Å². The van der Waals surface area contributed by atoms with Crippen molar-refractivity contribution in [2.24, 2.45) is 5.73 Å². The van der Waals surface area contributed by atoms with Crippen LogP contribution in [0.1, 0.15) is 13.8 Å². The maximum atomic E-state index is 11.8. The summed E-state index contributed by atoms with van der Waals surface area (Å²) in [6, 6.07) is -2.64. The topological polar surface area (TPSA) is 43.1 Å². The summed E-state index contributed by atoms with van der Waals surface area (Å²) in [6.07, 6.45) is 0. The highest BCUT2D eigenvalue weighted by atomic mass is 32.1. The average Bonchev–Trinajstić information content (AvgIpc) is 1.62. The van der Waals surface area contributed by atoms with Crippen molar-refractivity contribution in [1.82, 2.24) is 0 Å². The van der Waals surface area contributed by atoms with Gasteiger partial charge < -0.3 is 5.73 Å². The normalized spacial score (nSPS) is 15.2. The van der Waals surface area contributed by atoms with Crippen LogP contribution in [0.15, 0.2) is 0 Å². The molecule has 0 bridgehead atoms. The summed E-state index contributed by atoms with van der Waals surface area (Å²) in [7, 11) is 0. The smallest absolute Gasteiger partial charge is 0.318 e. The first kappa shape index (κ1) is 8.91. The predicted octanol–water partition coefficient (Wildman–Crippen LogP) is 0.518. The summed E-state index contributed by atoms with van der Waals surface area (Å²) in [4.78, 5) is 9.95. The number of halogens is 1. The molecule has 2 nitrogen and oxygen atoms in total. The molecule has 0 aromatic rings. The molecule has 0 aromatic carbocycles. The van der Waals surface area contributed by atoms with E-state index in [2.05, 4.69) is 12.6 Å². The third-order valence-corrected chi connectivity index (χ3v) is 1.28. The molecule has 0 amide bonds. The second-order valence-electron chi connectivity index (χ2n) is 2.44. The van der Waals surface area contributed by atoms with E-state index in [-0.39, 0.29) is 0 Å². The molecule has 0 unspecified atom stereocenters. The molecule has 0 rings (SSSR count). The van der Waals surface area contributed by atoms with Gasteiger partial charge in [-0.15, -0.1) is 0 Å². The zero-order valence-electron chi connectivity index (χ0n) is 5.39. The molecule has 1 atom stereocenters. The summed E-state index contributed by atoms with van der Waals surface area (Å²) in [5, 5.41) is 0. The third-order valence-electron chi connectivity index (χ3n) is 1.01. The average molecular weight is 151 g/mol. The largest absolute Gasteiger partial charge is 0.319 e. The van der Waals surface area contributed by atoms with Crippen LogP contribution in [0.25, 0.3) is 0 Å². The summed E-state index contributed by atoms with van der Waals surface area (Å²) in [5.41, 5.74) is 5.09. The third kappa shape index (κ3) is 2.81. The molecule has 0 saturated heterocycles. The molecule has 0 heterocycles. The second-order valence-corrected chi connectivity index (χ2v) is 3.59. The van der Waals surface area contributed by atoms with E-state index in [4.69, 9.17) is 5.73 Å². The maximum Gasteiger partial charge on any atom is 0.319 e. The lowest BCUT2D eigenvalue weighted by Crippen LogP contribution is -2.43. The predicted molar refractivity (Wildman–Crippen MR) is 37.2 cm³/mol. The Balaban J connectivity index is 4.04. The van der Waals surface area contributed by atoms with Crippen LogP contribution in [-0.4, -0.2) is 16.8 Å². The van der Waals surface area contributed by atoms with E-state index < -0.39 is 16.8 Å². The number of carbonyl (C=O) groups is 1. The fraction of sp³-hybridized carbons (Fsp3) is 0.800. The van der Waals surface area contributed by atoms with E-state index in [0.29, 0.717) is 0 Å². The van der Waals surface area contributed by atoms with E-state index in [9.17, 15) is 9.18 Å². The van der Waals surface area contributed by atoms with Gasteiger partial charge in [0.1, 0.15) is 6.04 Å². The van der Waals surface area contributed by atoms with E-state index in [1.54, 1.807) is 13.8 Å². The fourth-order valence-corrected chi connectivity index (χ4v) is 0.379. The highest BCUT2D eigenvalue weighted by Crippen LogP contribution is 2.16. The van der Waals surface area contributed by atoms with Crippen LogP contribution in [-0.2, 0) is 4.79 Å². The fourth-order valence-electron chi connectivity index (χ4n) is 0.278. The monoisotopic (exact) mass is 151 g/mol. The SMILES string of the molecule is CC(C)(S)[C@H](N)C(=O)F. The second kappa shape index (κ2) is 2.66. The van der Waals surface area contributed by atoms with Crippen molar-refractivity contribution >= 4 is 18.7 Å². The Kier molecular flexibility index (Phi) is 2.64. The van der Waals surface area contributed by atoms with Gasteiger partial charge in [0.2, 0.25) is 0 Å². The molecular formula is C5H10FNOS. The van der Waals surface area contributed by atoms with Gasteiger partial charge in [0.05, 0.1) is 0 Å². The number of hydrogen-bond acceptors (Lipinski definition) is 3. The van der Waals surface area contributed by atoms with Gasteiger partial charge in [-0.3, -0.25) is 4.79 Å². The van der Waals surface area contributed by atoms with Crippen LogP contribution in [0.3, 0.4) is 0 Å². The zero-order chi connectivity index (χ0) is 7.65. The van der Waals surface area contributed by atoms with Crippen LogP contribution >= 0.6 is 12.6 Å². The van der Waals surface area contributed by atoms with Gasteiger partial charge in [-0.2, -0.15) is 17.0 Å². The standard InChI is InChI=1S/C5H10FNOS/c1-5(2,9)3(7)4(6)8/h3,9H,7H2,1-2H3/t3-/m1/s1. The Morgan fingerprint density at radius 3 is 2.11 bits per heavy atom. The molecule has 4 heteroatoms. The lowest BCUT2D eigenvalue weighted by molar-refractivity contribution is -0.131. The van der Waals surface area contributed by atoms with Gasteiger partial charge in [0.15, 0.2) is 0 Å². The quantitative estimate of drug-likeness (QED) is 0.446. The molecule has 0 aliphatic rings. The first-order chi connectivity index (χ1) is 3.85. The Hall–Kier alpha value is -0.0900. The molecule has 9 heavy (non-hydrogen) atoms. The lowest BCUT2D eigenvalue weighted by atomic mass is 10.1. The van der Waals surface area contributed by atoms with Crippen molar-refractivity contribution in [3.63, 3.8) is 0 Å². The maximum absolute atomic E-state index is 11.8. The molecule has 54 valence electrons. The van der Waals surface area contributed by atoms with Crippen LogP contribution in [0, 0.1) is 0 Å². The van der Waals surface area contributed by atoms with Gasteiger partial charge in [-0.1, -0.05) is 0 Å². The molecule has 2 N–H and O–H groups in total. The van der Waals surface area contributed by atoms with Crippen molar-refractivity contribution in [2.75, 3.05) is 0 Å². The number of rotatable bonds is 2. The van der Waals surface area contributed by atoms with Gasteiger partial charge in [-0.25, -0.2) is 0 Å². The lowest BCUT2D eigenvalue weighted by Gasteiger charge is -2.20. The molecule has 0 fully saturated rings. The molecule has 0 spiro atoms. The van der Waals surface area contributed by atoms with Crippen LogP contribution in [0.4, 0.5) is 4.39 Å². The number of hydrogen-bond donors (Lipinski definition) is 2. The van der Waals surface area contributed by atoms with E-state index in [1.807, 2.05) is 0 Å². The van der Waals surface area contributed by atoms with Crippen molar-refractivity contribution in [2.45, 2.75) is 24.6 Å². The highest BCUT2D eigenvalue weighted by molar-refractivity contribution is 7.81. The molecule has 0 radical (unpaired) electrons. The van der Waals surface area contributed by atoms with E-state index >= 15 is 0 Å². The molecule has 0 aromatic heterocycles. The van der Waals surface area contributed by atoms with Crippen molar-refractivity contribution in [1.29, 1.82) is 0 Å². The Bertz CT molecular complexity index is 121. The summed E-state index contributed by atoms with van der Waals surface area (Å²) >= 11 is 3.90. The summed E-state index contributed by atoms with van der Waals surface area (Å²) < 4.78 is 11.0. The van der Waals surface area contributed by atoms with Crippen molar-refractivity contribution < 1.29 is 9.18 Å². The molecule has 0 saturated carbocycles. The minimum absolute atomic E-state index is 0.772. The summed E-state index contributed by atoms with van der Waals surface area (Å²) in [5.74, 6) is 0. The zero-order valence-corrected chi connectivity index (χ0v) is 6.28. The minimum Gasteiger partial charge on any atom is -0.318 e. The molecule has 0 aliphatic carbocycles. The number of thiol groups is 1. The van der Waals surface area contributed by atoms with Crippen LogP contribution < -0.4 is 5.73 Å². The first-order valence-electron chi connectivity index (χ1n) is 2.53. The van der Waals surface area contributed by atoms with E-state index in [1.165, 1.54) is 0 Å². The van der Waals surface area contributed by atoms with Crippen LogP contribution in [0.2, 0.25) is 0 Å². The first-order valence-corrected chi connectivity index (χ1v) is 2.97. The van der Waals surface area contributed by atoms with Gasteiger partial charge in [0.25, 0.3) is 0 Å².